The Morgan fingerprint density at radius 1 is 1.26 bits per heavy atom. The molecule has 0 saturated carbocycles. The maximum Gasteiger partial charge on any atom is 0.258 e. The standard InChI is InChI=1S/C15H18N2O2/c1-17-9-6-11-2-3-13(10-14(11)15(17)18)19-12-4-7-16-8-5-12/h2-3,6,9-10,12,16H,4-5,7-8H2,1H3. The number of hydrogen-bond donors (Lipinski definition) is 1. The molecule has 0 amide bonds. The Morgan fingerprint density at radius 2 is 2.05 bits per heavy atom. The van der Waals surface area contributed by atoms with Crippen molar-refractivity contribution in [2.75, 3.05) is 13.1 Å². The first-order valence-electron chi connectivity index (χ1n) is 6.71. The van der Waals surface area contributed by atoms with E-state index in [4.69, 9.17) is 4.74 Å². The number of hydrogen-bond acceptors (Lipinski definition) is 3. The third-order valence-corrected chi connectivity index (χ3v) is 3.64. The van der Waals surface area contributed by atoms with Crippen molar-refractivity contribution >= 4 is 10.8 Å². The van der Waals surface area contributed by atoms with Crippen LogP contribution >= 0.6 is 0 Å². The molecule has 100 valence electrons. The second kappa shape index (κ2) is 5.05. The smallest absolute Gasteiger partial charge is 0.258 e. The van der Waals surface area contributed by atoms with Gasteiger partial charge in [-0.25, -0.2) is 0 Å². The van der Waals surface area contributed by atoms with E-state index in [1.807, 2.05) is 24.3 Å². The molecule has 4 nitrogen and oxygen atoms in total. The molecule has 1 aromatic heterocycles. The minimum Gasteiger partial charge on any atom is -0.490 e. The Kier molecular flexibility index (Phi) is 3.25. The summed E-state index contributed by atoms with van der Waals surface area (Å²) in [5.74, 6) is 0.794. The van der Waals surface area contributed by atoms with E-state index >= 15 is 0 Å². The van der Waals surface area contributed by atoms with Crippen molar-refractivity contribution in [2.45, 2.75) is 18.9 Å². The van der Waals surface area contributed by atoms with Crippen LogP contribution in [0, 0.1) is 0 Å². The maximum atomic E-state index is 12.1. The topological polar surface area (TPSA) is 43.3 Å². The number of ether oxygens (including phenoxy) is 1. The molecule has 1 N–H and O–H groups in total. The number of nitrogens with zero attached hydrogens (tertiary/aromatic N) is 1. The Morgan fingerprint density at radius 3 is 2.84 bits per heavy atom. The van der Waals surface area contributed by atoms with Gasteiger partial charge in [-0.05, 0) is 49.5 Å². The summed E-state index contributed by atoms with van der Waals surface area (Å²) in [6, 6.07) is 7.71. The number of fused-ring (bicyclic) bond motifs is 1. The van der Waals surface area contributed by atoms with Crippen LogP contribution in [0.5, 0.6) is 5.75 Å². The van der Waals surface area contributed by atoms with Crippen LogP contribution in [0.2, 0.25) is 0 Å². The van der Waals surface area contributed by atoms with Gasteiger partial charge in [-0.1, -0.05) is 6.07 Å². The second-order valence-electron chi connectivity index (χ2n) is 5.05. The molecule has 0 radical (unpaired) electrons. The van der Waals surface area contributed by atoms with E-state index in [9.17, 15) is 4.79 Å². The summed E-state index contributed by atoms with van der Waals surface area (Å²) in [5, 5.41) is 4.99. The summed E-state index contributed by atoms with van der Waals surface area (Å²) in [6.45, 7) is 2.00. The fourth-order valence-corrected chi connectivity index (χ4v) is 2.49. The van der Waals surface area contributed by atoms with Crippen molar-refractivity contribution in [3.8, 4) is 5.75 Å². The van der Waals surface area contributed by atoms with Crippen LogP contribution in [0.3, 0.4) is 0 Å². The lowest BCUT2D eigenvalue weighted by Crippen LogP contribution is -2.34. The fraction of sp³-hybridized carbons (Fsp3) is 0.400. The minimum absolute atomic E-state index is 0.0215. The van der Waals surface area contributed by atoms with Gasteiger partial charge in [0.15, 0.2) is 0 Å². The van der Waals surface area contributed by atoms with E-state index in [1.165, 1.54) is 0 Å². The summed E-state index contributed by atoms with van der Waals surface area (Å²) in [7, 11) is 1.77. The highest BCUT2D eigenvalue weighted by atomic mass is 16.5. The third-order valence-electron chi connectivity index (χ3n) is 3.64. The zero-order valence-corrected chi connectivity index (χ0v) is 11.1. The van der Waals surface area contributed by atoms with Gasteiger partial charge in [0.1, 0.15) is 11.9 Å². The van der Waals surface area contributed by atoms with E-state index in [-0.39, 0.29) is 11.7 Å². The first-order valence-corrected chi connectivity index (χ1v) is 6.71. The van der Waals surface area contributed by atoms with E-state index in [0.29, 0.717) is 0 Å². The average Bonchev–Trinajstić information content (AvgIpc) is 2.45. The lowest BCUT2D eigenvalue weighted by Gasteiger charge is -2.23. The van der Waals surface area contributed by atoms with Gasteiger partial charge in [0.05, 0.1) is 5.39 Å². The second-order valence-corrected chi connectivity index (χ2v) is 5.05. The molecular weight excluding hydrogens is 240 g/mol. The van der Waals surface area contributed by atoms with Gasteiger partial charge in [-0.3, -0.25) is 4.79 Å². The molecule has 0 aliphatic carbocycles. The molecule has 2 aromatic rings. The Balaban J connectivity index is 1.92. The highest BCUT2D eigenvalue weighted by molar-refractivity contribution is 5.82. The minimum atomic E-state index is 0.0215. The highest BCUT2D eigenvalue weighted by Crippen LogP contribution is 2.21. The first kappa shape index (κ1) is 12.2. The molecule has 4 heteroatoms. The van der Waals surface area contributed by atoms with Crippen LogP contribution in [0.25, 0.3) is 10.8 Å². The Labute approximate surface area is 112 Å². The molecule has 0 spiro atoms. The molecule has 1 saturated heterocycles. The predicted octanol–water partition coefficient (Wildman–Crippen LogP) is 1.67. The molecule has 1 aromatic carbocycles. The van der Waals surface area contributed by atoms with Crippen LogP contribution < -0.4 is 15.6 Å². The SMILES string of the molecule is Cn1ccc2ccc(OC3CCNCC3)cc2c1=O. The molecule has 2 heterocycles. The first-order chi connectivity index (χ1) is 9.24. The van der Waals surface area contributed by atoms with E-state index in [0.717, 1.165) is 42.5 Å². The number of aromatic nitrogens is 1. The van der Waals surface area contributed by atoms with Crippen LogP contribution in [0.1, 0.15) is 12.8 Å². The number of pyridine rings is 1. The molecule has 1 aliphatic rings. The molecule has 19 heavy (non-hydrogen) atoms. The summed E-state index contributed by atoms with van der Waals surface area (Å²) in [6.07, 6.45) is 4.08. The summed E-state index contributed by atoms with van der Waals surface area (Å²) in [4.78, 5) is 12.1. The van der Waals surface area contributed by atoms with Crippen molar-refractivity contribution in [3.05, 3.63) is 40.8 Å². The molecule has 0 unspecified atom stereocenters. The molecular formula is C15H18N2O2. The number of rotatable bonds is 2. The van der Waals surface area contributed by atoms with Crippen LogP contribution in [-0.4, -0.2) is 23.8 Å². The van der Waals surface area contributed by atoms with Crippen molar-refractivity contribution < 1.29 is 4.74 Å². The van der Waals surface area contributed by atoms with Crippen molar-refractivity contribution in [1.82, 2.24) is 9.88 Å². The molecule has 3 rings (SSSR count). The lowest BCUT2D eigenvalue weighted by atomic mass is 10.1. The van der Waals surface area contributed by atoms with Gasteiger partial charge < -0.3 is 14.6 Å². The van der Waals surface area contributed by atoms with Gasteiger partial charge in [-0.15, -0.1) is 0 Å². The van der Waals surface area contributed by atoms with Crippen LogP contribution in [-0.2, 0) is 7.05 Å². The quantitative estimate of drug-likeness (QED) is 0.891. The monoisotopic (exact) mass is 258 g/mol. The fourth-order valence-electron chi connectivity index (χ4n) is 2.49. The van der Waals surface area contributed by atoms with E-state index in [2.05, 4.69) is 5.32 Å². The van der Waals surface area contributed by atoms with E-state index in [1.54, 1.807) is 17.8 Å². The van der Waals surface area contributed by atoms with Crippen molar-refractivity contribution in [1.29, 1.82) is 0 Å². The van der Waals surface area contributed by atoms with Crippen molar-refractivity contribution in [2.24, 2.45) is 7.05 Å². The van der Waals surface area contributed by atoms with Gasteiger partial charge in [-0.2, -0.15) is 0 Å². The largest absolute Gasteiger partial charge is 0.490 e. The zero-order valence-electron chi connectivity index (χ0n) is 11.1. The molecule has 1 aliphatic heterocycles. The average molecular weight is 258 g/mol. The predicted molar refractivity (Wildman–Crippen MR) is 75.7 cm³/mol. The van der Waals surface area contributed by atoms with Gasteiger partial charge in [0.25, 0.3) is 5.56 Å². The molecule has 0 bridgehead atoms. The van der Waals surface area contributed by atoms with Gasteiger partial charge >= 0.3 is 0 Å². The Hall–Kier alpha value is -1.81. The van der Waals surface area contributed by atoms with Gasteiger partial charge in [0, 0.05) is 13.2 Å². The summed E-state index contributed by atoms with van der Waals surface area (Å²) in [5.41, 5.74) is 0.0215. The summed E-state index contributed by atoms with van der Waals surface area (Å²) >= 11 is 0. The number of aryl methyl sites for hydroxylation is 1. The summed E-state index contributed by atoms with van der Waals surface area (Å²) < 4.78 is 7.56. The highest BCUT2D eigenvalue weighted by Gasteiger charge is 2.14. The third kappa shape index (κ3) is 2.49. The zero-order chi connectivity index (χ0) is 13.2. The van der Waals surface area contributed by atoms with Crippen LogP contribution in [0.4, 0.5) is 0 Å². The van der Waals surface area contributed by atoms with Gasteiger partial charge in [0.2, 0.25) is 0 Å². The van der Waals surface area contributed by atoms with E-state index < -0.39 is 0 Å². The maximum absolute atomic E-state index is 12.1. The Bertz CT molecular complexity index is 642. The molecule has 1 fully saturated rings. The normalized spacial score (nSPS) is 16.7. The number of piperidine rings is 1. The molecule has 0 atom stereocenters. The van der Waals surface area contributed by atoms with Crippen LogP contribution in [0.15, 0.2) is 35.3 Å². The lowest BCUT2D eigenvalue weighted by molar-refractivity contribution is 0.162. The number of benzene rings is 1. The number of nitrogens with one attached hydrogen (secondary N) is 1. The van der Waals surface area contributed by atoms with Crippen molar-refractivity contribution in [3.63, 3.8) is 0 Å².